The van der Waals surface area contributed by atoms with Gasteiger partial charge in [-0.25, -0.2) is 0 Å². The molecule has 1 aromatic heterocycles. The fourth-order valence-electron chi connectivity index (χ4n) is 6.00. The van der Waals surface area contributed by atoms with E-state index in [2.05, 4.69) is 171 Å². The van der Waals surface area contributed by atoms with Crippen molar-refractivity contribution in [2.75, 3.05) is 0 Å². The van der Waals surface area contributed by atoms with E-state index < -0.39 is 8.07 Å². The van der Waals surface area contributed by atoms with Crippen molar-refractivity contribution >= 4 is 36.6 Å². The molecule has 0 fully saturated rings. The molecule has 0 aliphatic carbocycles. The highest BCUT2D eigenvalue weighted by Crippen LogP contribution is 2.23. The third-order valence-electron chi connectivity index (χ3n) is 8.15. The van der Waals surface area contributed by atoms with E-state index in [0.29, 0.717) is 0 Å². The second-order valence-corrected chi connectivity index (χ2v) is 14.4. The van der Waals surface area contributed by atoms with Crippen LogP contribution < -0.4 is 21.3 Å². The number of imidazole rings is 1. The molecular weight excluding hydrogens is 511 g/mol. The molecule has 1 heterocycles. The van der Waals surface area contributed by atoms with Gasteiger partial charge in [-0.1, -0.05) is 153 Å². The Bertz CT molecular complexity index is 1590. The lowest BCUT2D eigenvalue weighted by molar-refractivity contribution is 0.889. The monoisotopic (exact) mass is 545 g/mol. The molecule has 0 saturated heterocycles. The van der Waals surface area contributed by atoms with Crippen molar-refractivity contribution in [3.63, 3.8) is 0 Å². The van der Waals surface area contributed by atoms with Crippen molar-refractivity contribution in [1.29, 1.82) is 0 Å². The van der Waals surface area contributed by atoms with Gasteiger partial charge >= 0.3 is 0 Å². The Morgan fingerprint density at radius 2 is 1.15 bits per heavy atom. The number of aromatic nitrogens is 2. The van der Waals surface area contributed by atoms with Crippen molar-refractivity contribution in [1.82, 2.24) is 9.55 Å². The molecule has 6 rings (SSSR count). The number of benzene rings is 5. The summed E-state index contributed by atoms with van der Waals surface area (Å²) in [6.07, 6.45) is 5.99. The van der Waals surface area contributed by atoms with Gasteiger partial charge in [0.1, 0.15) is 0 Å². The summed E-state index contributed by atoms with van der Waals surface area (Å²) in [6.45, 7) is 2.24. The van der Waals surface area contributed by atoms with Crippen LogP contribution in [0.25, 0.3) is 0 Å². The summed E-state index contributed by atoms with van der Waals surface area (Å²) in [6, 6.07) is 53.1. The Morgan fingerprint density at radius 1 is 0.634 bits per heavy atom. The van der Waals surface area contributed by atoms with Crippen molar-refractivity contribution < 1.29 is 0 Å². The lowest BCUT2D eigenvalue weighted by Crippen LogP contribution is -2.70. The molecule has 0 saturated carbocycles. The minimum Gasteiger partial charge on any atom is -0.345 e. The van der Waals surface area contributed by atoms with Gasteiger partial charge in [-0.15, -0.1) is 0 Å². The molecule has 0 amide bonds. The number of aryl methyl sites for hydroxylation is 1. The topological polar surface area (TPSA) is 17.8 Å². The average molecular weight is 546 g/mol. The molecule has 5 aromatic carbocycles. The van der Waals surface area contributed by atoms with E-state index in [0.717, 1.165) is 18.3 Å². The standard InChI is InChI=1S/C37H34BN2Si/c1-2-30-16-15-25-35(28-30)41(33-21-11-5-12-22-33,34-23-13-6-14-24-34)29-40-27-26-39-37(40)38-36(31-17-7-3-8-18-31)32-19-9-4-10-20-32/h3-28,36H,2,29H2,1H3. The Labute approximate surface area is 245 Å². The van der Waals surface area contributed by atoms with Crippen LogP contribution in [0, 0.1) is 0 Å². The zero-order valence-electron chi connectivity index (χ0n) is 23.5. The first-order valence-electron chi connectivity index (χ1n) is 14.4. The molecule has 41 heavy (non-hydrogen) atoms. The SMILES string of the molecule is CCc1cccc([Si](Cn2ccnc2[B]C(c2ccccc2)c2ccccc2)(c2ccccc2)c2ccccc2)c1. The van der Waals surface area contributed by atoms with Gasteiger partial charge in [-0.05, 0) is 44.5 Å². The lowest BCUT2D eigenvalue weighted by atomic mass is 9.58. The van der Waals surface area contributed by atoms with E-state index in [1.807, 2.05) is 6.20 Å². The molecule has 4 heteroatoms. The minimum atomic E-state index is -2.51. The predicted molar refractivity (Wildman–Crippen MR) is 176 cm³/mol. The Balaban J connectivity index is 1.49. The molecule has 0 unspecified atom stereocenters. The third kappa shape index (κ3) is 5.61. The van der Waals surface area contributed by atoms with E-state index in [1.54, 1.807) is 0 Å². The van der Waals surface area contributed by atoms with Crippen molar-refractivity contribution in [3.05, 3.63) is 175 Å². The van der Waals surface area contributed by atoms with Crippen LogP contribution in [0.1, 0.15) is 29.4 Å². The predicted octanol–water partition coefficient (Wildman–Crippen LogP) is 5.27. The van der Waals surface area contributed by atoms with Gasteiger partial charge in [0.05, 0.1) is 5.72 Å². The maximum absolute atomic E-state index is 4.94. The summed E-state index contributed by atoms with van der Waals surface area (Å²) in [7, 11) is -0.178. The van der Waals surface area contributed by atoms with Gasteiger partial charge in [0.25, 0.3) is 0 Å². The highest BCUT2D eigenvalue weighted by molar-refractivity contribution is 7.10. The maximum atomic E-state index is 4.94. The van der Waals surface area contributed by atoms with Crippen LogP contribution in [0.4, 0.5) is 0 Å². The van der Waals surface area contributed by atoms with E-state index in [1.165, 1.54) is 32.3 Å². The second kappa shape index (κ2) is 12.4. The molecule has 0 aliphatic rings. The number of rotatable bonds is 10. The van der Waals surface area contributed by atoms with Gasteiger partial charge in [0.2, 0.25) is 7.28 Å². The van der Waals surface area contributed by atoms with Crippen LogP contribution in [-0.2, 0) is 12.6 Å². The van der Waals surface area contributed by atoms with E-state index in [4.69, 9.17) is 4.98 Å². The summed E-state index contributed by atoms with van der Waals surface area (Å²) >= 11 is 0. The van der Waals surface area contributed by atoms with Gasteiger partial charge in [-0.2, -0.15) is 0 Å². The van der Waals surface area contributed by atoms with Gasteiger partial charge in [0.15, 0.2) is 8.07 Å². The molecule has 2 nitrogen and oxygen atoms in total. The second-order valence-electron chi connectivity index (χ2n) is 10.6. The van der Waals surface area contributed by atoms with Crippen LogP contribution in [0.3, 0.4) is 0 Å². The van der Waals surface area contributed by atoms with E-state index in [-0.39, 0.29) is 5.82 Å². The Hall–Kier alpha value is -4.41. The van der Waals surface area contributed by atoms with Crippen LogP contribution in [-0.4, -0.2) is 24.9 Å². The fourth-order valence-corrected chi connectivity index (χ4v) is 10.7. The Kier molecular flexibility index (Phi) is 8.11. The van der Waals surface area contributed by atoms with Crippen LogP contribution in [0.15, 0.2) is 158 Å². The molecule has 1 radical (unpaired) electrons. The quantitative estimate of drug-likeness (QED) is 0.169. The van der Waals surface area contributed by atoms with Crippen LogP contribution in [0.2, 0.25) is 0 Å². The first-order chi connectivity index (χ1) is 20.3. The smallest absolute Gasteiger partial charge is 0.215 e. The number of hydrogen-bond acceptors (Lipinski definition) is 1. The number of hydrogen-bond donors (Lipinski definition) is 0. The summed E-state index contributed by atoms with van der Waals surface area (Å²) in [4.78, 5) is 4.94. The Morgan fingerprint density at radius 3 is 1.68 bits per heavy atom. The molecule has 6 aromatic rings. The normalized spacial score (nSPS) is 11.5. The van der Waals surface area contributed by atoms with Crippen LogP contribution >= 0.6 is 0 Å². The molecule has 0 atom stereocenters. The maximum Gasteiger partial charge on any atom is 0.215 e. The highest BCUT2D eigenvalue weighted by atomic mass is 28.3. The van der Waals surface area contributed by atoms with E-state index >= 15 is 0 Å². The first-order valence-corrected chi connectivity index (χ1v) is 16.6. The van der Waals surface area contributed by atoms with Gasteiger partial charge in [-0.3, -0.25) is 4.98 Å². The molecule has 0 N–H and O–H groups in total. The largest absolute Gasteiger partial charge is 0.345 e. The van der Waals surface area contributed by atoms with Crippen molar-refractivity contribution in [2.24, 2.45) is 0 Å². The molecular formula is C37H34BN2Si. The average Bonchev–Trinajstić information content (AvgIpc) is 3.50. The summed E-state index contributed by atoms with van der Waals surface area (Å²) < 4.78 is 2.39. The van der Waals surface area contributed by atoms with Gasteiger partial charge in [0, 0.05) is 18.6 Å². The highest BCUT2D eigenvalue weighted by Gasteiger charge is 2.40. The minimum absolute atomic E-state index is 0.103. The molecule has 0 aliphatic heterocycles. The zero-order chi connectivity index (χ0) is 27.9. The van der Waals surface area contributed by atoms with Crippen molar-refractivity contribution in [2.45, 2.75) is 25.3 Å². The van der Waals surface area contributed by atoms with Crippen LogP contribution in [0.5, 0.6) is 0 Å². The summed E-state index contributed by atoms with van der Waals surface area (Å²) in [5, 5.41) is 4.24. The number of nitrogens with zero attached hydrogens (tertiary/aromatic N) is 2. The fraction of sp³-hybridized carbons (Fsp3) is 0.108. The summed E-state index contributed by atoms with van der Waals surface area (Å²) in [5.41, 5.74) is 4.90. The van der Waals surface area contributed by atoms with E-state index in [9.17, 15) is 0 Å². The molecule has 0 bridgehead atoms. The molecule has 0 spiro atoms. The first kappa shape index (κ1) is 26.8. The molecule has 199 valence electrons. The lowest BCUT2D eigenvalue weighted by Gasteiger charge is -2.35. The zero-order valence-corrected chi connectivity index (χ0v) is 24.5. The summed E-state index contributed by atoms with van der Waals surface area (Å²) in [5.74, 6) is 0.103. The van der Waals surface area contributed by atoms with Crippen molar-refractivity contribution in [3.8, 4) is 0 Å². The van der Waals surface area contributed by atoms with Gasteiger partial charge < -0.3 is 4.57 Å². The third-order valence-corrected chi connectivity index (χ3v) is 12.9.